The number of nitrogens with zero attached hydrogens (tertiary/aromatic N) is 1. The highest BCUT2D eigenvalue weighted by Gasteiger charge is 2.21. The molecule has 0 fully saturated rings. The number of aryl methyl sites for hydroxylation is 2. The van der Waals surface area contributed by atoms with Crippen LogP contribution in [0, 0.1) is 20.8 Å². The largest absolute Gasteiger partial charge is 0.326 e. The van der Waals surface area contributed by atoms with Crippen molar-refractivity contribution >= 4 is 38.9 Å². The van der Waals surface area contributed by atoms with Crippen molar-refractivity contribution in [2.75, 3.05) is 22.4 Å². The zero-order valence-electron chi connectivity index (χ0n) is 15.3. The Hall–Kier alpha value is -2.05. The van der Waals surface area contributed by atoms with E-state index in [1.807, 2.05) is 32.0 Å². The molecule has 0 saturated heterocycles. The molecule has 2 aromatic rings. The van der Waals surface area contributed by atoms with Crippen LogP contribution >= 0.6 is 11.6 Å². The highest BCUT2D eigenvalue weighted by atomic mass is 35.5. The van der Waals surface area contributed by atoms with Crippen LogP contribution in [0.4, 0.5) is 11.4 Å². The summed E-state index contributed by atoms with van der Waals surface area (Å²) in [4.78, 5) is 12.3. The molecule has 0 atom stereocenters. The third kappa shape index (κ3) is 4.99. The number of benzene rings is 2. The summed E-state index contributed by atoms with van der Waals surface area (Å²) >= 11 is 6.11. The van der Waals surface area contributed by atoms with Gasteiger partial charge in [0.05, 0.1) is 11.9 Å². The van der Waals surface area contributed by atoms with Gasteiger partial charge in [0.15, 0.2) is 0 Å². The van der Waals surface area contributed by atoms with Crippen molar-refractivity contribution in [2.24, 2.45) is 0 Å². The third-order valence-corrected chi connectivity index (χ3v) is 5.71. The van der Waals surface area contributed by atoms with E-state index < -0.39 is 10.0 Å². The minimum atomic E-state index is -3.55. The highest BCUT2D eigenvalue weighted by molar-refractivity contribution is 7.92. The van der Waals surface area contributed by atoms with Gasteiger partial charge in [-0.1, -0.05) is 29.8 Å². The van der Waals surface area contributed by atoms with Crippen LogP contribution in [0.25, 0.3) is 0 Å². The third-order valence-electron chi connectivity index (χ3n) is 4.12. The van der Waals surface area contributed by atoms with E-state index in [9.17, 15) is 13.2 Å². The lowest BCUT2D eigenvalue weighted by molar-refractivity contribution is -0.116. The first-order valence-electron chi connectivity index (χ1n) is 8.19. The minimum absolute atomic E-state index is 0.0341. The minimum Gasteiger partial charge on any atom is -0.326 e. The number of carbonyl (C=O) groups is 1. The fourth-order valence-electron chi connectivity index (χ4n) is 2.62. The molecule has 0 spiro atoms. The number of anilines is 2. The van der Waals surface area contributed by atoms with Crippen molar-refractivity contribution in [1.82, 2.24) is 0 Å². The molecule has 2 aromatic carbocycles. The van der Waals surface area contributed by atoms with Gasteiger partial charge in [0.25, 0.3) is 0 Å². The Morgan fingerprint density at radius 3 is 2.50 bits per heavy atom. The summed E-state index contributed by atoms with van der Waals surface area (Å²) in [7, 11) is -3.55. The predicted molar refractivity (Wildman–Crippen MR) is 108 cm³/mol. The topological polar surface area (TPSA) is 66.5 Å². The molecular weight excluding hydrogens is 372 g/mol. The Morgan fingerprint density at radius 2 is 1.85 bits per heavy atom. The van der Waals surface area contributed by atoms with E-state index in [2.05, 4.69) is 5.32 Å². The van der Waals surface area contributed by atoms with E-state index in [1.165, 1.54) is 4.31 Å². The van der Waals surface area contributed by atoms with Crippen molar-refractivity contribution in [2.45, 2.75) is 27.2 Å². The first-order chi connectivity index (χ1) is 12.1. The van der Waals surface area contributed by atoms with E-state index in [1.54, 1.807) is 25.1 Å². The Bertz CT molecular complexity index is 926. The second-order valence-corrected chi connectivity index (χ2v) is 8.65. The summed E-state index contributed by atoms with van der Waals surface area (Å²) in [5, 5.41) is 3.33. The quantitative estimate of drug-likeness (QED) is 0.803. The van der Waals surface area contributed by atoms with Crippen LogP contribution in [-0.4, -0.2) is 27.1 Å². The van der Waals surface area contributed by atoms with E-state index in [0.717, 1.165) is 23.1 Å². The molecule has 7 heteroatoms. The van der Waals surface area contributed by atoms with Crippen LogP contribution in [0.1, 0.15) is 23.1 Å². The zero-order valence-corrected chi connectivity index (χ0v) is 16.9. The number of hydrogen-bond donors (Lipinski definition) is 1. The van der Waals surface area contributed by atoms with Crippen LogP contribution < -0.4 is 9.62 Å². The molecule has 0 heterocycles. The number of sulfonamides is 1. The standard InChI is InChI=1S/C19H23ClN2O3S/c1-13-8-9-14(2)17(12-13)21-19(23)10-11-22(26(4,24)25)18-7-5-6-16(20)15(18)3/h5-9,12H,10-11H2,1-4H3,(H,21,23). The molecule has 0 saturated carbocycles. The van der Waals surface area contributed by atoms with Gasteiger partial charge in [-0.3, -0.25) is 9.10 Å². The van der Waals surface area contributed by atoms with Crippen molar-refractivity contribution in [3.05, 3.63) is 58.1 Å². The van der Waals surface area contributed by atoms with Crippen molar-refractivity contribution < 1.29 is 13.2 Å². The molecule has 140 valence electrons. The Morgan fingerprint density at radius 1 is 1.15 bits per heavy atom. The lowest BCUT2D eigenvalue weighted by Gasteiger charge is -2.24. The SMILES string of the molecule is Cc1ccc(C)c(NC(=O)CCN(c2cccc(Cl)c2C)S(C)(=O)=O)c1. The molecule has 0 unspecified atom stereocenters. The molecule has 5 nitrogen and oxygen atoms in total. The number of rotatable bonds is 6. The number of nitrogens with one attached hydrogen (secondary N) is 1. The van der Waals surface area contributed by atoms with Gasteiger partial charge in [-0.15, -0.1) is 0 Å². The number of amides is 1. The smallest absolute Gasteiger partial charge is 0.232 e. The van der Waals surface area contributed by atoms with Crippen molar-refractivity contribution in [3.63, 3.8) is 0 Å². The normalized spacial score (nSPS) is 11.3. The van der Waals surface area contributed by atoms with Gasteiger partial charge in [-0.2, -0.15) is 0 Å². The molecule has 0 radical (unpaired) electrons. The summed E-state index contributed by atoms with van der Waals surface area (Å²) in [5.74, 6) is -0.243. The van der Waals surface area contributed by atoms with Crippen LogP contribution in [0.15, 0.2) is 36.4 Å². The van der Waals surface area contributed by atoms with Crippen LogP contribution in [0.2, 0.25) is 5.02 Å². The molecule has 1 amide bonds. The Balaban J connectivity index is 2.16. The van der Waals surface area contributed by atoms with E-state index >= 15 is 0 Å². The van der Waals surface area contributed by atoms with Gasteiger partial charge in [0.2, 0.25) is 15.9 Å². The summed E-state index contributed by atoms with van der Waals surface area (Å²) in [6.45, 7) is 5.65. The molecule has 2 rings (SSSR count). The Kier molecular flexibility index (Phi) is 6.31. The number of halogens is 1. The maximum Gasteiger partial charge on any atom is 0.232 e. The molecular formula is C19H23ClN2O3S. The van der Waals surface area contributed by atoms with Crippen LogP contribution in [-0.2, 0) is 14.8 Å². The van der Waals surface area contributed by atoms with E-state index in [4.69, 9.17) is 11.6 Å². The molecule has 0 aliphatic rings. The molecule has 1 N–H and O–H groups in total. The predicted octanol–water partition coefficient (Wildman–Crippen LogP) is 4.06. The second-order valence-electron chi connectivity index (χ2n) is 6.34. The summed E-state index contributed by atoms with van der Waals surface area (Å²) in [6.07, 6.45) is 1.16. The molecule has 0 aliphatic carbocycles. The van der Waals surface area contributed by atoms with Crippen molar-refractivity contribution in [3.8, 4) is 0 Å². The zero-order chi connectivity index (χ0) is 19.5. The number of carbonyl (C=O) groups excluding carboxylic acids is 1. The fourth-order valence-corrected chi connectivity index (χ4v) is 3.77. The lowest BCUT2D eigenvalue weighted by atomic mass is 10.1. The Labute approximate surface area is 160 Å². The van der Waals surface area contributed by atoms with Gasteiger partial charge in [0, 0.05) is 23.7 Å². The second kappa shape index (κ2) is 8.10. The maximum atomic E-state index is 12.3. The first-order valence-corrected chi connectivity index (χ1v) is 10.4. The molecule has 26 heavy (non-hydrogen) atoms. The maximum absolute atomic E-state index is 12.3. The summed E-state index contributed by atoms with van der Waals surface area (Å²) < 4.78 is 25.7. The van der Waals surface area contributed by atoms with E-state index in [0.29, 0.717) is 16.3 Å². The first kappa shape index (κ1) is 20.3. The average Bonchev–Trinajstić information content (AvgIpc) is 2.53. The monoisotopic (exact) mass is 394 g/mol. The van der Waals surface area contributed by atoms with Crippen molar-refractivity contribution in [1.29, 1.82) is 0 Å². The van der Waals surface area contributed by atoms with Gasteiger partial charge >= 0.3 is 0 Å². The number of hydrogen-bond acceptors (Lipinski definition) is 3. The van der Waals surface area contributed by atoms with Gasteiger partial charge in [-0.05, 0) is 55.7 Å². The summed E-state index contributed by atoms with van der Waals surface area (Å²) in [6, 6.07) is 10.9. The lowest BCUT2D eigenvalue weighted by Crippen LogP contribution is -2.33. The fraction of sp³-hybridized carbons (Fsp3) is 0.316. The van der Waals surface area contributed by atoms with Crippen LogP contribution in [0.3, 0.4) is 0 Å². The van der Waals surface area contributed by atoms with E-state index in [-0.39, 0.29) is 18.9 Å². The van der Waals surface area contributed by atoms with Gasteiger partial charge in [-0.25, -0.2) is 8.42 Å². The molecule has 0 bridgehead atoms. The summed E-state index contributed by atoms with van der Waals surface area (Å²) in [5.41, 5.74) is 3.88. The highest BCUT2D eigenvalue weighted by Crippen LogP contribution is 2.28. The van der Waals surface area contributed by atoms with Gasteiger partial charge in [0.1, 0.15) is 0 Å². The molecule has 0 aliphatic heterocycles. The van der Waals surface area contributed by atoms with Gasteiger partial charge < -0.3 is 5.32 Å². The molecule has 0 aromatic heterocycles. The van der Waals surface area contributed by atoms with Crippen LogP contribution in [0.5, 0.6) is 0 Å². The average molecular weight is 395 g/mol.